The van der Waals surface area contributed by atoms with E-state index >= 15 is 0 Å². The molecule has 1 unspecified atom stereocenters. The summed E-state index contributed by atoms with van der Waals surface area (Å²) in [5.74, 6) is 1.43. The van der Waals surface area contributed by atoms with Crippen LogP contribution in [0.3, 0.4) is 0 Å². The van der Waals surface area contributed by atoms with Gasteiger partial charge in [0.05, 0.1) is 7.11 Å². The quantitative estimate of drug-likeness (QED) is 0.860. The van der Waals surface area contributed by atoms with Crippen LogP contribution in [0.5, 0.6) is 5.75 Å². The zero-order valence-corrected chi connectivity index (χ0v) is 15.0. The smallest absolute Gasteiger partial charge is 0.318 e. The molecule has 6 heteroatoms. The second-order valence-corrected chi connectivity index (χ2v) is 6.89. The molecule has 3 rings (SSSR count). The van der Waals surface area contributed by atoms with Crippen LogP contribution in [-0.2, 0) is 11.3 Å². The lowest BCUT2D eigenvalue weighted by molar-refractivity contribution is -0.135. The molecular weight excluding hydrogens is 318 g/mol. The van der Waals surface area contributed by atoms with Crippen molar-refractivity contribution < 1.29 is 14.3 Å². The number of urea groups is 1. The third-order valence-corrected chi connectivity index (χ3v) is 5.08. The predicted molar refractivity (Wildman–Crippen MR) is 95.3 cm³/mol. The average molecular weight is 345 g/mol. The van der Waals surface area contributed by atoms with Gasteiger partial charge < -0.3 is 19.9 Å². The van der Waals surface area contributed by atoms with Gasteiger partial charge in [-0.15, -0.1) is 0 Å². The van der Waals surface area contributed by atoms with Crippen LogP contribution < -0.4 is 10.1 Å². The number of hydrogen-bond donors (Lipinski definition) is 1. The van der Waals surface area contributed by atoms with Crippen LogP contribution in [0.15, 0.2) is 24.3 Å². The zero-order chi connectivity index (χ0) is 17.8. The van der Waals surface area contributed by atoms with Crippen molar-refractivity contribution in [2.45, 2.75) is 38.8 Å². The Morgan fingerprint density at radius 3 is 2.56 bits per heavy atom. The van der Waals surface area contributed by atoms with Gasteiger partial charge in [0.1, 0.15) is 12.3 Å². The maximum absolute atomic E-state index is 12.4. The Bertz CT molecular complexity index is 613. The van der Waals surface area contributed by atoms with Crippen molar-refractivity contribution in [1.82, 2.24) is 15.1 Å². The first-order valence-electron chi connectivity index (χ1n) is 9.07. The Morgan fingerprint density at radius 1 is 1.28 bits per heavy atom. The number of benzene rings is 1. The molecule has 6 nitrogen and oxygen atoms in total. The molecule has 1 aromatic rings. The minimum absolute atomic E-state index is 0.00307. The molecule has 3 amide bonds. The van der Waals surface area contributed by atoms with Gasteiger partial charge in [-0.2, -0.15) is 0 Å². The second kappa shape index (κ2) is 7.76. The van der Waals surface area contributed by atoms with Crippen LogP contribution in [0.2, 0.25) is 0 Å². The first-order valence-corrected chi connectivity index (χ1v) is 9.07. The van der Waals surface area contributed by atoms with Crippen molar-refractivity contribution in [2.75, 3.05) is 26.7 Å². The normalized spacial score (nSPS) is 18.9. The van der Waals surface area contributed by atoms with Crippen molar-refractivity contribution in [3.63, 3.8) is 0 Å². The topological polar surface area (TPSA) is 61.9 Å². The number of hydrogen-bond acceptors (Lipinski definition) is 3. The number of nitrogens with zero attached hydrogens (tertiary/aromatic N) is 2. The van der Waals surface area contributed by atoms with Crippen LogP contribution in [0.25, 0.3) is 0 Å². The van der Waals surface area contributed by atoms with Crippen molar-refractivity contribution >= 4 is 11.9 Å². The monoisotopic (exact) mass is 345 g/mol. The molecule has 1 heterocycles. The molecule has 1 N–H and O–H groups in total. The minimum atomic E-state index is -0.101. The Morgan fingerprint density at radius 2 is 2.00 bits per heavy atom. The number of carbonyl (C=O) groups is 2. The van der Waals surface area contributed by atoms with Gasteiger partial charge in [0.15, 0.2) is 0 Å². The molecule has 1 aliphatic heterocycles. The van der Waals surface area contributed by atoms with E-state index < -0.39 is 0 Å². The summed E-state index contributed by atoms with van der Waals surface area (Å²) in [6.07, 6.45) is 3.35. The Labute approximate surface area is 149 Å². The number of carbonyl (C=O) groups excluding carboxylic acids is 2. The van der Waals surface area contributed by atoms with Gasteiger partial charge in [-0.3, -0.25) is 4.79 Å². The molecule has 25 heavy (non-hydrogen) atoms. The number of rotatable bonds is 6. The second-order valence-electron chi connectivity index (χ2n) is 6.89. The average Bonchev–Trinajstić information content (AvgIpc) is 3.47. The van der Waals surface area contributed by atoms with E-state index in [0.29, 0.717) is 25.6 Å². The van der Waals surface area contributed by atoms with E-state index in [0.717, 1.165) is 17.7 Å². The zero-order valence-electron chi connectivity index (χ0n) is 15.0. The highest BCUT2D eigenvalue weighted by molar-refractivity contribution is 5.85. The fourth-order valence-electron chi connectivity index (χ4n) is 3.30. The van der Waals surface area contributed by atoms with Gasteiger partial charge in [0.2, 0.25) is 5.91 Å². The van der Waals surface area contributed by atoms with Gasteiger partial charge in [-0.05, 0) is 42.9 Å². The van der Waals surface area contributed by atoms with Crippen LogP contribution in [-0.4, -0.2) is 54.5 Å². The lowest BCUT2D eigenvalue weighted by Gasteiger charge is -2.35. The third-order valence-electron chi connectivity index (χ3n) is 5.08. The number of methoxy groups -OCH3 is 1. The largest absolute Gasteiger partial charge is 0.497 e. The first kappa shape index (κ1) is 17.6. The summed E-state index contributed by atoms with van der Waals surface area (Å²) in [7, 11) is 1.63. The number of ether oxygens (including phenoxy) is 1. The third kappa shape index (κ3) is 4.44. The molecule has 0 spiro atoms. The van der Waals surface area contributed by atoms with Crippen LogP contribution in [0.4, 0.5) is 4.79 Å². The van der Waals surface area contributed by atoms with Gasteiger partial charge in [-0.1, -0.05) is 19.1 Å². The SMILES string of the molecule is CCC(NC(=O)N1CCN(Cc2ccc(OC)cc2)C(=O)C1)C1CC1. The highest BCUT2D eigenvalue weighted by atomic mass is 16.5. The summed E-state index contributed by atoms with van der Waals surface area (Å²) in [5.41, 5.74) is 1.06. The Hall–Kier alpha value is -2.24. The van der Waals surface area contributed by atoms with Gasteiger partial charge >= 0.3 is 6.03 Å². The van der Waals surface area contributed by atoms with Crippen molar-refractivity contribution in [3.8, 4) is 5.75 Å². The molecule has 1 aliphatic carbocycles. The Kier molecular flexibility index (Phi) is 5.46. The first-order chi connectivity index (χ1) is 12.1. The summed E-state index contributed by atoms with van der Waals surface area (Å²) in [6, 6.07) is 7.87. The van der Waals surface area contributed by atoms with E-state index in [1.54, 1.807) is 12.0 Å². The lowest BCUT2D eigenvalue weighted by Crippen LogP contribution is -2.55. The summed E-state index contributed by atoms with van der Waals surface area (Å²) >= 11 is 0. The molecule has 1 saturated heterocycles. The van der Waals surface area contributed by atoms with E-state index in [-0.39, 0.29) is 24.5 Å². The summed E-state index contributed by atoms with van der Waals surface area (Å²) in [5, 5.41) is 3.10. The van der Waals surface area contributed by atoms with Gasteiger partial charge in [-0.25, -0.2) is 4.79 Å². The van der Waals surface area contributed by atoms with Gasteiger partial charge in [0, 0.05) is 25.7 Å². The van der Waals surface area contributed by atoms with E-state index in [1.165, 1.54) is 12.8 Å². The lowest BCUT2D eigenvalue weighted by atomic mass is 10.1. The number of piperazine rings is 1. The van der Waals surface area contributed by atoms with Crippen LogP contribution in [0.1, 0.15) is 31.7 Å². The predicted octanol–water partition coefficient (Wildman–Crippen LogP) is 2.24. The van der Waals surface area contributed by atoms with E-state index in [2.05, 4.69) is 12.2 Å². The van der Waals surface area contributed by atoms with Gasteiger partial charge in [0.25, 0.3) is 0 Å². The van der Waals surface area contributed by atoms with Crippen molar-refractivity contribution in [3.05, 3.63) is 29.8 Å². The number of nitrogens with one attached hydrogen (secondary N) is 1. The Balaban J connectivity index is 1.51. The van der Waals surface area contributed by atoms with Crippen molar-refractivity contribution in [1.29, 1.82) is 0 Å². The molecule has 1 aromatic carbocycles. The molecule has 136 valence electrons. The summed E-state index contributed by atoms with van der Waals surface area (Å²) in [4.78, 5) is 28.3. The molecule has 0 aromatic heterocycles. The molecule has 1 saturated carbocycles. The molecule has 2 aliphatic rings. The summed E-state index contributed by atoms with van der Waals surface area (Å²) < 4.78 is 5.15. The van der Waals surface area contributed by atoms with E-state index in [4.69, 9.17) is 4.74 Å². The standard InChI is InChI=1S/C19H27N3O3/c1-3-17(15-6-7-15)20-19(24)22-11-10-21(18(23)13-22)12-14-4-8-16(25-2)9-5-14/h4-5,8-9,15,17H,3,6-7,10-13H2,1-2H3,(H,20,24). The van der Waals surface area contributed by atoms with Crippen LogP contribution in [0, 0.1) is 5.92 Å². The fourth-order valence-corrected chi connectivity index (χ4v) is 3.30. The van der Waals surface area contributed by atoms with E-state index in [1.807, 2.05) is 29.2 Å². The van der Waals surface area contributed by atoms with Crippen LogP contribution >= 0.6 is 0 Å². The molecule has 2 fully saturated rings. The summed E-state index contributed by atoms with van der Waals surface area (Å²) in [6.45, 7) is 3.97. The maximum atomic E-state index is 12.4. The maximum Gasteiger partial charge on any atom is 0.318 e. The molecular formula is C19H27N3O3. The highest BCUT2D eigenvalue weighted by Gasteiger charge is 2.33. The fraction of sp³-hybridized carbons (Fsp3) is 0.579. The van der Waals surface area contributed by atoms with E-state index in [9.17, 15) is 9.59 Å². The highest BCUT2D eigenvalue weighted by Crippen LogP contribution is 2.34. The minimum Gasteiger partial charge on any atom is -0.497 e. The molecule has 1 atom stereocenters. The number of amides is 3. The molecule has 0 bridgehead atoms. The molecule has 0 radical (unpaired) electrons. The van der Waals surface area contributed by atoms with Crippen molar-refractivity contribution in [2.24, 2.45) is 5.92 Å².